The summed E-state index contributed by atoms with van der Waals surface area (Å²) in [5.74, 6) is 0. The summed E-state index contributed by atoms with van der Waals surface area (Å²) in [6.45, 7) is 0.923. The Morgan fingerprint density at radius 1 is 1.15 bits per heavy atom. The van der Waals surface area contributed by atoms with Gasteiger partial charge in [0.1, 0.15) is 0 Å². The van der Waals surface area contributed by atoms with Crippen LogP contribution in [0.4, 0.5) is 0 Å². The minimum absolute atomic E-state index is 0. The van der Waals surface area contributed by atoms with E-state index in [-0.39, 0.29) is 24.8 Å². The van der Waals surface area contributed by atoms with Crippen molar-refractivity contribution in [3.63, 3.8) is 0 Å². The lowest BCUT2D eigenvalue weighted by Crippen LogP contribution is -2.11. The number of hydrogen-bond acceptors (Lipinski definition) is 3. The lowest BCUT2D eigenvalue weighted by molar-refractivity contribution is 0.818. The molecule has 0 aromatic carbocycles. The normalized spacial score (nSPS) is 16.0. The highest BCUT2D eigenvalue weighted by molar-refractivity contribution is 7.10. The smallest absolute Gasteiger partial charge is 0.0694 e. The van der Waals surface area contributed by atoms with Gasteiger partial charge in [0.05, 0.1) is 5.71 Å². The summed E-state index contributed by atoms with van der Waals surface area (Å²) in [4.78, 5) is 10.2. The first-order chi connectivity index (χ1) is 8.93. The molecule has 3 heterocycles. The number of pyridine rings is 1. The molecular formula is C15H16Cl2N2S. The van der Waals surface area contributed by atoms with Crippen LogP contribution in [0, 0.1) is 0 Å². The van der Waals surface area contributed by atoms with Crippen LogP contribution in [-0.4, -0.2) is 17.2 Å². The van der Waals surface area contributed by atoms with Crippen molar-refractivity contribution in [1.29, 1.82) is 0 Å². The molecule has 0 bridgehead atoms. The molecule has 3 rings (SSSR count). The van der Waals surface area contributed by atoms with E-state index < -0.39 is 0 Å². The lowest BCUT2D eigenvalue weighted by atomic mass is 9.96. The van der Waals surface area contributed by atoms with Gasteiger partial charge in [0.15, 0.2) is 0 Å². The minimum Gasteiger partial charge on any atom is -0.284 e. The standard InChI is InChI=1S/C15H14N2S.2ClH/c1-5-13(11-16-7-1)15-12(4-2-8-17-15)10-14-6-3-9-18-14;;/h1,3,5-7,9-11H,2,4,8H2;2*1H. The van der Waals surface area contributed by atoms with Crippen molar-refractivity contribution < 1.29 is 0 Å². The van der Waals surface area contributed by atoms with Crippen LogP contribution in [0.15, 0.2) is 52.6 Å². The van der Waals surface area contributed by atoms with Crippen molar-refractivity contribution in [2.24, 2.45) is 4.99 Å². The molecule has 0 unspecified atom stereocenters. The molecule has 5 heteroatoms. The van der Waals surface area contributed by atoms with Crippen molar-refractivity contribution in [2.75, 3.05) is 6.54 Å². The van der Waals surface area contributed by atoms with Crippen molar-refractivity contribution in [2.45, 2.75) is 12.8 Å². The molecule has 0 N–H and O–H groups in total. The number of halogens is 2. The van der Waals surface area contributed by atoms with Crippen molar-refractivity contribution in [1.82, 2.24) is 4.98 Å². The third-order valence-electron chi connectivity index (χ3n) is 2.97. The molecule has 0 saturated carbocycles. The zero-order valence-corrected chi connectivity index (χ0v) is 13.3. The van der Waals surface area contributed by atoms with Gasteiger partial charge in [0.25, 0.3) is 0 Å². The molecule has 2 aromatic rings. The molecule has 2 aromatic heterocycles. The summed E-state index contributed by atoms with van der Waals surface area (Å²) in [5, 5.41) is 2.11. The van der Waals surface area contributed by atoms with Gasteiger partial charge in [-0.2, -0.15) is 0 Å². The molecule has 0 spiro atoms. The summed E-state index contributed by atoms with van der Waals surface area (Å²) in [6.07, 6.45) is 8.20. The Morgan fingerprint density at radius 2 is 2.05 bits per heavy atom. The third kappa shape index (κ3) is 3.92. The monoisotopic (exact) mass is 326 g/mol. The topological polar surface area (TPSA) is 25.2 Å². The second-order valence-corrected chi connectivity index (χ2v) is 5.24. The predicted molar refractivity (Wildman–Crippen MR) is 91.7 cm³/mol. The Morgan fingerprint density at radius 3 is 2.75 bits per heavy atom. The van der Waals surface area contributed by atoms with Crippen LogP contribution in [0.1, 0.15) is 23.3 Å². The largest absolute Gasteiger partial charge is 0.284 e. The van der Waals surface area contributed by atoms with E-state index in [0.29, 0.717) is 0 Å². The second kappa shape index (κ2) is 8.20. The quantitative estimate of drug-likeness (QED) is 0.788. The SMILES string of the molecule is C(=C1CCCN=C1c1cccnc1)c1cccs1.Cl.Cl. The zero-order chi connectivity index (χ0) is 12.2. The number of aliphatic imine (C=N–C) groups is 1. The van der Waals surface area contributed by atoms with Crippen LogP contribution >= 0.6 is 36.2 Å². The summed E-state index contributed by atoms with van der Waals surface area (Å²) in [7, 11) is 0. The Bertz CT molecular complexity index is 577. The maximum Gasteiger partial charge on any atom is 0.0694 e. The number of allylic oxidation sites excluding steroid dienone is 1. The Labute approximate surface area is 135 Å². The van der Waals surface area contributed by atoms with E-state index in [9.17, 15) is 0 Å². The molecule has 1 aliphatic heterocycles. The first-order valence-corrected chi connectivity index (χ1v) is 7.01. The van der Waals surface area contributed by atoms with E-state index in [1.165, 1.54) is 10.5 Å². The van der Waals surface area contributed by atoms with Crippen LogP contribution in [0.25, 0.3) is 6.08 Å². The van der Waals surface area contributed by atoms with Gasteiger partial charge < -0.3 is 0 Å². The zero-order valence-electron chi connectivity index (χ0n) is 10.9. The van der Waals surface area contributed by atoms with Crippen molar-refractivity contribution >= 4 is 47.9 Å². The molecule has 0 fully saturated rings. The molecule has 1 aliphatic rings. The van der Waals surface area contributed by atoms with E-state index >= 15 is 0 Å². The van der Waals surface area contributed by atoms with Gasteiger partial charge in [-0.1, -0.05) is 6.07 Å². The Kier molecular flexibility index (Phi) is 6.93. The molecular weight excluding hydrogens is 311 g/mol. The van der Waals surface area contributed by atoms with Crippen LogP contribution < -0.4 is 0 Å². The summed E-state index contributed by atoms with van der Waals surface area (Å²) in [6, 6.07) is 8.28. The van der Waals surface area contributed by atoms with Crippen LogP contribution in [0.2, 0.25) is 0 Å². The number of nitrogens with zero attached hydrogens (tertiary/aromatic N) is 2. The van der Waals surface area contributed by atoms with Gasteiger partial charge in [-0.25, -0.2) is 0 Å². The van der Waals surface area contributed by atoms with E-state index in [1.807, 2.05) is 12.3 Å². The fraction of sp³-hybridized carbons (Fsp3) is 0.200. The first kappa shape index (κ1) is 16.9. The van der Waals surface area contributed by atoms with E-state index in [4.69, 9.17) is 0 Å². The second-order valence-electron chi connectivity index (χ2n) is 4.26. The molecule has 0 aliphatic carbocycles. The maximum absolute atomic E-state index is 4.67. The number of rotatable bonds is 2. The van der Waals surface area contributed by atoms with Crippen LogP contribution in [0.3, 0.4) is 0 Å². The van der Waals surface area contributed by atoms with Gasteiger partial charge in [-0.3, -0.25) is 9.98 Å². The average Bonchev–Trinajstić information content (AvgIpc) is 2.93. The molecule has 2 nitrogen and oxygen atoms in total. The molecule has 20 heavy (non-hydrogen) atoms. The minimum atomic E-state index is 0. The van der Waals surface area contributed by atoms with E-state index in [1.54, 1.807) is 17.5 Å². The average molecular weight is 327 g/mol. The predicted octanol–water partition coefficient (Wildman–Crippen LogP) is 4.65. The number of thiophene rings is 1. The van der Waals surface area contributed by atoms with Gasteiger partial charge >= 0.3 is 0 Å². The van der Waals surface area contributed by atoms with Crippen molar-refractivity contribution in [3.8, 4) is 0 Å². The maximum atomic E-state index is 4.67. The molecule has 0 radical (unpaired) electrons. The van der Waals surface area contributed by atoms with E-state index in [2.05, 4.69) is 39.6 Å². The number of aromatic nitrogens is 1. The van der Waals surface area contributed by atoms with Crippen LogP contribution in [0.5, 0.6) is 0 Å². The summed E-state index contributed by atoms with van der Waals surface area (Å²) >= 11 is 1.77. The molecule has 0 saturated heterocycles. The molecule has 0 amide bonds. The third-order valence-corrected chi connectivity index (χ3v) is 3.79. The van der Waals surface area contributed by atoms with E-state index in [0.717, 1.165) is 30.7 Å². The highest BCUT2D eigenvalue weighted by Crippen LogP contribution is 2.23. The molecule has 0 atom stereocenters. The fourth-order valence-electron chi connectivity index (χ4n) is 2.15. The first-order valence-electron chi connectivity index (χ1n) is 6.13. The number of hydrogen-bond donors (Lipinski definition) is 0. The summed E-state index contributed by atoms with van der Waals surface area (Å²) < 4.78 is 0. The Hall–Kier alpha value is -1.16. The van der Waals surface area contributed by atoms with Gasteiger partial charge in [0, 0.05) is 29.4 Å². The van der Waals surface area contributed by atoms with Crippen LogP contribution in [-0.2, 0) is 0 Å². The van der Waals surface area contributed by atoms with Gasteiger partial charge in [-0.15, -0.1) is 36.2 Å². The van der Waals surface area contributed by atoms with Crippen molar-refractivity contribution in [3.05, 3.63) is 58.1 Å². The molecule has 106 valence electrons. The van der Waals surface area contributed by atoms with Gasteiger partial charge in [-0.05, 0) is 48.1 Å². The van der Waals surface area contributed by atoms with Gasteiger partial charge in [0.2, 0.25) is 0 Å². The summed E-state index contributed by atoms with van der Waals surface area (Å²) in [5.41, 5.74) is 3.57. The Balaban J connectivity index is 0.000001000. The highest BCUT2D eigenvalue weighted by atomic mass is 35.5. The highest BCUT2D eigenvalue weighted by Gasteiger charge is 2.14. The fourth-order valence-corrected chi connectivity index (χ4v) is 2.83. The lowest BCUT2D eigenvalue weighted by Gasteiger charge is -2.15.